The van der Waals surface area contributed by atoms with Gasteiger partial charge in [-0.2, -0.15) is 0 Å². The number of nitrogens with one attached hydrogen (secondary N) is 2. The second kappa shape index (κ2) is 7.53. The lowest BCUT2D eigenvalue weighted by atomic mass is 10.1. The maximum atomic E-state index is 12.1. The van der Waals surface area contributed by atoms with Crippen LogP contribution in [-0.4, -0.2) is 30.1 Å². The fourth-order valence-electron chi connectivity index (χ4n) is 2.54. The predicted octanol–water partition coefficient (Wildman–Crippen LogP) is 2.08. The number of aromatic nitrogens is 1. The second-order valence-corrected chi connectivity index (χ2v) is 5.55. The quantitative estimate of drug-likeness (QED) is 0.875. The lowest BCUT2D eigenvalue weighted by Crippen LogP contribution is -2.36. The number of ether oxygens (including phenoxy) is 1. The molecular weight excluding hydrogens is 316 g/mol. The third kappa shape index (κ3) is 3.98. The number of carbonyl (C=O) groups excluding carboxylic acids is 1. The van der Waals surface area contributed by atoms with E-state index >= 15 is 0 Å². The van der Waals surface area contributed by atoms with Gasteiger partial charge in [0, 0.05) is 25.6 Å². The number of hydrogen-bond acceptors (Lipinski definition) is 5. The van der Waals surface area contributed by atoms with Crippen molar-refractivity contribution in [2.75, 3.05) is 14.2 Å². The molecule has 0 unspecified atom stereocenters. The van der Waals surface area contributed by atoms with Crippen LogP contribution in [0.4, 0.5) is 0 Å². The molecule has 1 amide bonds. The normalized spacial score (nSPS) is 13.4. The minimum atomic E-state index is -0.135. The molecule has 0 bridgehead atoms. The van der Waals surface area contributed by atoms with Crippen molar-refractivity contribution in [3.63, 3.8) is 0 Å². The zero-order chi connectivity index (χ0) is 17.6. The summed E-state index contributed by atoms with van der Waals surface area (Å²) in [5.74, 6) is 0.651. The van der Waals surface area contributed by atoms with Gasteiger partial charge in [-0.25, -0.2) is 0 Å². The first-order valence-corrected chi connectivity index (χ1v) is 7.92. The van der Waals surface area contributed by atoms with Crippen molar-refractivity contribution in [1.82, 2.24) is 20.7 Å². The monoisotopic (exact) mass is 336 g/mol. The van der Waals surface area contributed by atoms with Crippen LogP contribution in [0.2, 0.25) is 0 Å². The van der Waals surface area contributed by atoms with Crippen molar-refractivity contribution in [3.8, 4) is 5.75 Å². The number of amides is 1. The molecule has 128 valence electrons. The van der Waals surface area contributed by atoms with Crippen LogP contribution >= 0.6 is 0 Å². The first-order chi connectivity index (χ1) is 12.2. The SMILES string of the molecule is CNC(=O)C1=CN(Cc2cccnc2)NC(c2ccc(OC)cc2)=C1. The van der Waals surface area contributed by atoms with Gasteiger partial charge in [0.1, 0.15) is 5.75 Å². The third-order valence-corrected chi connectivity index (χ3v) is 3.82. The highest BCUT2D eigenvalue weighted by Crippen LogP contribution is 2.22. The summed E-state index contributed by atoms with van der Waals surface area (Å²) in [5.41, 5.74) is 6.76. The molecule has 1 aliphatic rings. The largest absolute Gasteiger partial charge is 0.497 e. The molecule has 0 atom stereocenters. The van der Waals surface area contributed by atoms with Gasteiger partial charge in [0.2, 0.25) is 0 Å². The Labute approximate surface area is 146 Å². The molecule has 1 aromatic heterocycles. The van der Waals surface area contributed by atoms with Crippen molar-refractivity contribution in [2.24, 2.45) is 0 Å². The lowest BCUT2D eigenvalue weighted by molar-refractivity contribution is -0.116. The van der Waals surface area contributed by atoms with Gasteiger partial charge in [0.25, 0.3) is 5.91 Å². The van der Waals surface area contributed by atoms with Gasteiger partial charge in [-0.15, -0.1) is 0 Å². The van der Waals surface area contributed by atoms with E-state index in [2.05, 4.69) is 15.7 Å². The first kappa shape index (κ1) is 16.6. The van der Waals surface area contributed by atoms with E-state index < -0.39 is 0 Å². The van der Waals surface area contributed by atoms with Crippen molar-refractivity contribution >= 4 is 11.6 Å². The molecule has 0 saturated carbocycles. The Morgan fingerprint density at radius 3 is 2.72 bits per heavy atom. The van der Waals surface area contributed by atoms with Gasteiger partial charge < -0.3 is 10.1 Å². The summed E-state index contributed by atoms with van der Waals surface area (Å²) >= 11 is 0. The van der Waals surface area contributed by atoms with Gasteiger partial charge in [-0.3, -0.25) is 20.2 Å². The third-order valence-electron chi connectivity index (χ3n) is 3.82. The number of methoxy groups -OCH3 is 1. The number of likely N-dealkylation sites (N-methyl/N-ethyl adjacent to an activating group) is 1. The van der Waals surface area contributed by atoms with E-state index in [4.69, 9.17) is 4.74 Å². The summed E-state index contributed by atoms with van der Waals surface area (Å²) < 4.78 is 5.20. The zero-order valence-electron chi connectivity index (χ0n) is 14.2. The molecule has 0 radical (unpaired) electrons. The highest BCUT2D eigenvalue weighted by molar-refractivity contribution is 5.98. The topological polar surface area (TPSA) is 66.5 Å². The minimum Gasteiger partial charge on any atom is -0.497 e. The molecule has 3 rings (SSSR count). The molecule has 2 heterocycles. The highest BCUT2D eigenvalue weighted by atomic mass is 16.5. The zero-order valence-corrected chi connectivity index (χ0v) is 14.2. The van der Waals surface area contributed by atoms with Crippen molar-refractivity contribution in [1.29, 1.82) is 0 Å². The Bertz CT molecular complexity index is 798. The van der Waals surface area contributed by atoms with Crippen molar-refractivity contribution < 1.29 is 9.53 Å². The molecule has 0 spiro atoms. The van der Waals surface area contributed by atoms with Crippen LogP contribution in [0.1, 0.15) is 11.1 Å². The molecule has 1 aliphatic heterocycles. The summed E-state index contributed by atoms with van der Waals surface area (Å²) in [4.78, 5) is 16.3. The number of rotatable bonds is 5. The molecule has 0 aliphatic carbocycles. The van der Waals surface area contributed by atoms with Gasteiger partial charge in [-0.1, -0.05) is 6.07 Å². The standard InChI is InChI=1S/C19H20N4O2/c1-20-19(24)16-10-18(15-5-7-17(25-2)8-6-15)22-23(13-16)12-14-4-3-9-21-11-14/h3-11,13,22H,12H2,1-2H3,(H,20,24). The van der Waals surface area contributed by atoms with Gasteiger partial charge in [0.05, 0.1) is 24.9 Å². The fourth-order valence-corrected chi connectivity index (χ4v) is 2.54. The summed E-state index contributed by atoms with van der Waals surface area (Å²) in [7, 11) is 3.26. The number of hydrazine groups is 1. The number of benzene rings is 1. The van der Waals surface area contributed by atoms with E-state index in [1.807, 2.05) is 47.5 Å². The average Bonchev–Trinajstić information content (AvgIpc) is 2.68. The maximum absolute atomic E-state index is 12.1. The molecule has 2 aromatic rings. The fraction of sp³-hybridized carbons (Fsp3) is 0.158. The number of hydrogen-bond donors (Lipinski definition) is 2. The summed E-state index contributed by atoms with van der Waals surface area (Å²) in [6.45, 7) is 0.585. The smallest absolute Gasteiger partial charge is 0.252 e. The molecule has 1 aromatic carbocycles. The van der Waals surface area contributed by atoms with Gasteiger partial charge >= 0.3 is 0 Å². The van der Waals surface area contributed by atoms with Gasteiger partial charge in [-0.05, 0) is 47.5 Å². The van der Waals surface area contributed by atoms with Crippen LogP contribution in [0.15, 0.2) is 66.6 Å². The molecule has 2 N–H and O–H groups in total. The summed E-state index contributed by atoms with van der Waals surface area (Å²) in [6, 6.07) is 11.6. The Kier molecular flexibility index (Phi) is 4.99. The second-order valence-electron chi connectivity index (χ2n) is 5.55. The number of nitrogens with zero attached hydrogens (tertiary/aromatic N) is 2. The van der Waals surface area contributed by atoms with Crippen LogP contribution in [0, 0.1) is 0 Å². The lowest BCUT2D eigenvalue weighted by Gasteiger charge is -2.29. The van der Waals surface area contributed by atoms with E-state index in [1.165, 1.54) is 0 Å². The van der Waals surface area contributed by atoms with Crippen molar-refractivity contribution in [3.05, 3.63) is 77.8 Å². The van der Waals surface area contributed by atoms with Gasteiger partial charge in [0.15, 0.2) is 0 Å². The molecule has 0 fully saturated rings. The molecule has 6 nitrogen and oxygen atoms in total. The predicted molar refractivity (Wildman–Crippen MR) is 96.0 cm³/mol. The molecule has 25 heavy (non-hydrogen) atoms. The highest BCUT2D eigenvalue weighted by Gasteiger charge is 2.17. The van der Waals surface area contributed by atoms with Crippen LogP contribution in [0.5, 0.6) is 5.75 Å². The summed E-state index contributed by atoms with van der Waals surface area (Å²) in [6.07, 6.45) is 7.17. The van der Waals surface area contributed by atoms with E-state index in [1.54, 1.807) is 32.8 Å². The summed E-state index contributed by atoms with van der Waals surface area (Å²) in [5, 5.41) is 4.55. The Hall–Kier alpha value is -3.28. The number of carbonyl (C=O) groups is 1. The van der Waals surface area contributed by atoms with Crippen molar-refractivity contribution in [2.45, 2.75) is 6.54 Å². The maximum Gasteiger partial charge on any atom is 0.252 e. The van der Waals surface area contributed by atoms with E-state index in [0.717, 1.165) is 22.6 Å². The van der Waals surface area contributed by atoms with Crippen LogP contribution < -0.4 is 15.5 Å². The molecule has 6 heteroatoms. The Morgan fingerprint density at radius 1 is 1.28 bits per heavy atom. The van der Waals surface area contributed by atoms with Crippen LogP contribution in [0.25, 0.3) is 5.70 Å². The van der Waals surface area contributed by atoms with E-state index in [0.29, 0.717) is 12.1 Å². The van der Waals surface area contributed by atoms with E-state index in [-0.39, 0.29) is 5.91 Å². The number of pyridine rings is 1. The Morgan fingerprint density at radius 2 is 2.08 bits per heavy atom. The molecule has 0 saturated heterocycles. The first-order valence-electron chi connectivity index (χ1n) is 7.92. The van der Waals surface area contributed by atoms with Crippen LogP contribution in [-0.2, 0) is 11.3 Å². The minimum absolute atomic E-state index is 0.135. The average molecular weight is 336 g/mol. The molecular formula is C19H20N4O2. The Balaban J connectivity index is 1.88. The van der Waals surface area contributed by atoms with E-state index in [9.17, 15) is 4.79 Å². The van der Waals surface area contributed by atoms with Crippen LogP contribution in [0.3, 0.4) is 0 Å².